The van der Waals surface area contributed by atoms with Crippen LogP contribution in [0.3, 0.4) is 0 Å². The fraction of sp³-hybridized carbons (Fsp3) is 0.133. The smallest absolute Gasteiger partial charge is 0.275 e. The molecular formula is C15H13N5OS. The van der Waals surface area contributed by atoms with E-state index in [0.29, 0.717) is 10.1 Å². The maximum absolute atomic E-state index is 12.0. The number of anilines is 2. The Morgan fingerprint density at radius 3 is 3.09 bits per heavy atom. The molecule has 0 saturated carbocycles. The maximum Gasteiger partial charge on any atom is 0.275 e. The van der Waals surface area contributed by atoms with Crippen molar-refractivity contribution in [1.82, 2.24) is 19.6 Å². The summed E-state index contributed by atoms with van der Waals surface area (Å²) in [4.78, 5) is 20.2. The summed E-state index contributed by atoms with van der Waals surface area (Å²) in [5.41, 5.74) is 2.65. The van der Waals surface area contributed by atoms with E-state index in [-0.39, 0.29) is 5.56 Å². The highest BCUT2D eigenvalue weighted by Crippen LogP contribution is 2.24. The first-order valence-corrected chi connectivity index (χ1v) is 7.78. The molecule has 1 aromatic carbocycles. The van der Waals surface area contributed by atoms with Crippen molar-refractivity contribution in [3.8, 4) is 0 Å². The molecule has 0 unspecified atom stereocenters. The third-order valence-electron chi connectivity index (χ3n) is 3.46. The van der Waals surface area contributed by atoms with Crippen LogP contribution in [0.4, 0.5) is 10.8 Å². The summed E-state index contributed by atoms with van der Waals surface area (Å²) in [7, 11) is 0. The van der Waals surface area contributed by atoms with Crippen molar-refractivity contribution >= 4 is 38.0 Å². The average molecular weight is 311 g/mol. The van der Waals surface area contributed by atoms with E-state index in [1.54, 1.807) is 0 Å². The molecule has 0 fully saturated rings. The van der Waals surface area contributed by atoms with E-state index in [1.807, 2.05) is 37.4 Å². The molecule has 0 saturated heterocycles. The van der Waals surface area contributed by atoms with Gasteiger partial charge in [-0.3, -0.25) is 4.79 Å². The zero-order valence-corrected chi connectivity index (χ0v) is 12.6. The van der Waals surface area contributed by atoms with Crippen LogP contribution >= 0.6 is 11.3 Å². The van der Waals surface area contributed by atoms with E-state index >= 15 is 0 Å². The zero-order valence-electron chi connectivity index (χ0n) is 11.8. The summed E-state index contributed by atoms with van der Waals surface area (Å²) in [5.74, 6) is 0. The fourth-order valence-corrected chi connectivity index (χ4v) is 3.19. The van der Waals surface area contributed by atoms with Crippen LogP contribution in [0.2, 0.25) is 0 Å². The molecule has 3 aromatic heterocycles. The molecule has 0 aliphatic rings. The van der Waals surface area contributed by atoms with Crippen molar-refractivity contribution in [2.75, 3.05) is 5.32 Å². The van der Waals surface area contributed by atoms with Crippen LogP contribution in [0.5, 0.6) is 0 Å². The number of H-pyrrole nitrogens is 1. The van der Waals surface area contributed by atoms with Gasteiger partial charge in [0.1, 0.15) is 0 Å². The number of benzene rings is 1. The predicted molar refractivity (Wildman–Crippen MR) is 88.1 cm³/mol. The van der Waals surface area contributed by atoms with Crippen LogP contribution < -0.4 is 10.9 Å². The zero-order chi connectivity index (χ0) is 15.1. The lowest BCUT2D eigenvalue weighted by atomic mass is 10.2. The lowest BCUT2D eigenvalue weighted by Gasteiger charge is -2.01. The van der Waals surface area contributed by atoms with Gasteiger partial charge in [0.05, 0.1) is 0 Å². The number of aromatic amines is 1. The topological polar surface area (TPSA) is 75.1 Å². The SMILES string of the molecule is CCc1cc(=O)n2nc(Nc3ccc4[nH]ccc4c3)sc2n1. The molecule has 6 nitrogen and oxygen atoms in total. The first-order chi connectivity index (χ1) is 10.7. The van der Waals surface area contributed by atoms with Crippen LogP contribution in [0.1, 0.15) is 12.6 Å². The average Bonchev–Trinajstić information content (AvgIpc) is 3.13. The molecule has 4 aromatic rings. The highest BCUT2D eigenvalue weighted by Gasteiger charge is 2.09. The minimum Gasteiger partial charge on any atom is -0.361 e. The van der Waals surface area contributed by atoms with Gasteiger partial charge in [-0.2, -0.15) is 4.52 Å². The van der Waals surface area contributed by atoms with Gasteiger partial charge < -0.3 is 10.3 Å². The number of hydrogen-bond donors (Lipinski definition) is 2. The summed E-state index contributed by atoms with van der Waals surface area (Å²) in [6, 6.07) is 9.55. The predicted octanol–water partition coefficient (Wildman–Crippen LogP) is 2.94. The van der Waals surface area contributed by atoms with Crippen molar-refractivity contribution < 1.29 is 0 Å². The summed E-state index contributed by atoms with van der Waals surface area (Å²) in [6.07, 6.45) is 2.64. The van der Waals surface area contributed by atoms with E-state index in [2.05, 4.69) is 20.4 Å². The third kappa shape index (κ3) is 2.15. The Balaban J connectivity index is 1.74. The number of hydrogen-bond acceptors (Lipinski definition) is 5. The number of nitrogens with zero attached hydrogens (tertiary/aromatic N) is 3. The van der Waals surface area contributed by atoms with Gasteiger partial charge in [-0.1, -0.05) is 18.3 Å². The lowest BCUT2D eigenvalue weighted by Crippen LogP contribution is -2.15. The van der Waals surface area contributed by atoms with E-state index in [9.17, 15) is 4.79 Å². The van der Waals surface area contributed by atoms with Crippen LogP contribution in [-0.4, -0.2) is 19.6 Å². The number of fused-ring (bicyclic) bond motifs is 2. The van der Waals surface area contributed by atoms with E-state index in [4.69, 9.17) is 0 Å². The first-order valence-electron chi connectivity index (χ1n) is 6.97. The van der Waals surface area contributed by atoms with Crippen LogP contribution in [0.15, 0.2) is 41.3 Å². The second-order valence-electron chi connectivity index (χ2n) is 4.95. The van der Waals surface area contributed by atoms with Gasteiger partial charge in [0.25, 0.3) is 5.56 Å². The molecule has 0 aliphatic carbocycles. The Hall–Kier alpha value is -2.67. The standard InChI is InChI=1S/C15H13N5OS/c1-2-10-8-13(21)20-15(18-10)22-14(19-20)17-11-3-4-12-9(7-11)5-6-16-12/h3-8,16H,2H2,1H3,(H,17,19). The molecule has 4 rings (SSSR count). The molecule has 0 amide bonds. The van der Waals surface area contributed by atoms with Crippen molar-refractivity contribution in [1.29, 1.82) is 0 Å². The van der Waals surface area contributed by atoms with Gasteiger partial charge >= 0.3 is 0 Å². The first kappa shape index (κ1) is 13.0. The van der Waals surface area contributed by atoms with Crippen molar-refractivity contribution in [3.63, 3.8) is 0 Å². The Morgan fingerprint density at radius 1 is 1.32 bits per heavy atom. The van der Waals surface area contributed by atoms with Gasteiger partial charge in [0.2, 0.25) is 10.1 Å². The normalized spacial score (nSPS) is 11.3. The van der Waals surface area contributed by atoms with Crippen LogP contribution in [0.25, 0.3) is 15.9 Å². The number of rotatable bonds is 3. The molecule has 0 spiro atoms. The second-order valence-corrected chi connectivity index (χ2v) is 5.90. The Morgan fingerprint density at radius 2 is 2.23 bits per heavy atom. The van der Waals surface area contributed by atoms with Crippen molar-refractivity contribution in [2.24, 2.45) is 0 Å². The van der Waals surface area contributed by atoms with Gasteiger partial charge in [-0.05, 0) is 30.7 Å². The fourth-order valence-electron chi connectivity index (χ4n) is 2.34. The molecule has 7 heteroatoms. The number of aromatic nitrogens is 4. The summed E-state index contributed by atoms with van der Waals surface area (Å²) >= 11 is 1.37. The quantitative estimate of drug-likeness (QED) is 0.610. The number of nitrogens with one attached hydrogen (secondary N) is 2. The molecule has 3 heterocycles. The highest BCUT2D eigenvalue weighted by molar-refractivity contribution is 7.20. The van der Waals surface area contributed by atoms with E-state index in [1.165, 1.54) is 21.9 Å². The van der Waals surface area contributed by atoms with Gasteiger partial charge in [-0.25, -0.2) is 4.98 Å². The molecule has 110 valence electrons. The number of aryl methyl sites for hydroxylation is 1. The van der Waals surface area contributed by atoms with Crippen molar-refractivity contribution in [3.05, 3.63) is 52.6 Å². The monoisotopic (exact) mass is 311 g/mol. The Bertz CT molecular complexity index is 1030. The maximum atomic E-state index is 12.0. The molecule has 0 aliphatic heterocycles. The molecule has 0 radical (unpaired) electrons. The largest absolute Gasteiger partial charge is 0.361 e. The van der Waals surface area contributed by atoms with Gasteiger partial charge in [0, 0.05) is 34.5 Å². The molecule has 0 atom stereocenters. The Kier molecular flexibility index (Phi) is 2.93. The minimum atomic E-state index is -0.146. The van der Waals surface area contributed by atoms with Crippen molar-refractivity contribution in [2.45, 2.75) is 13.3 Å². The molecular weight excluding hydrogens is 298 g/mol. The summed E-state index contributed by atoms with van der Waals surface area (Å²) < 4.78 is 1.33. The minimum absolute atomic E-state index is 0.146. The molecule has 2 N–H and O–H groups in total. The van der Waals surface area contributed by atoms with Crippen LogP contribution in [0, 0.1) is 0 Å². The summed E-state index contributed by atoms with van der Waals surface area (Å²) in [6.45, 7) is 1.98. The van der Waals surface area contributed by atoms with Crippen LogP contribution in [-0.2, 0) is 6.42 Å². The molecule has 22 heavy (non-hydrogen) atoms. The summed E-state index contributed by atoms with van der Waals surface area (Å²) in [5, 5.41) is 9.29. The van der Waals surface area contributed by atoms with E-state index in [0.717, 1.165) is 28.7 Å². The van der Waals surface area contributed by atoms with Gasteiger partial charge in [0.15, 0.2) is 0 Å². The van der Waals surface area contributed by atoms with E-state index < -0.39 is 0 Å². The third-order valence-corrected chi connectivity index (χ3v) is 4.29. The lowest BCUT2D eigenvalue weighted by molar-refractivity contribution is 0.879. The van der Waals surface area contributed by atoms with Gasteiger partial charge in [-0.15, -0.1) is 5.10 Å². The second kappa shape index (κ2) is 4.96. The Labute approximate surface area is 129 Å². The highest BCUT2D eigenvalue weighted by atomic mass is 32.1. The molecule has 0 bridgehead atoms.